The molecule has 1 amide bonds. The summed E-state index contributed by atoms with van der Waals surface area (Å²) in [6, 6.07) is 0.196. The van der Waals surface area contributed by atoms with E-state index in [4.69, 9.17) is 10.5 Å². The summed E-state index contributed by atoms with van der Waals surface area (Å²) < 4.78 is 4.87. The van der Waals surface area contributed by atoms with E-state index in [-0.39, 0.29) is 11.9 Å². The normalized spacial score (nSPS) is 21.0. The summed E-state index contributed by atoms with van der Waals surface area (Å²) in [4.78, 5) is 13.7. The zero-order valence-electron chi connectivity index (χ0n) is 9.82. The van der Waals surface area contributed by atoms with Gasteiger partial charge in [0.2, 0.25) is 5.91 Å². The Morgan fingerprint density at radius 2 is 2.50 bits per heavy atom. The van der Waals surface area contributed by atoms with Gasteiger partial charge in [-0.15, -0.1) is 0 Å². The first-order valence-corrected chi connectivity index (χ1v) is 5.64. The van der Waals surface area contributed by atoms with E-state index in [1.807, 2.05) is 0 Å². The third kappa shape index (κ3) is 4.30. The van der Waals surface area contributed by atoms with Gasteiger partial charge in [-0.05, 0) is 6.42 Å². The van der Waals surface area contributed by atoms with Crippen LogP contribution in [0, 0.1) is 0 Å². The van der Waals surface area contributed by atoms with Crippen molar-refractivity contribution in [2.75, 3.05) is 39.9 Å². The van der Waals surface area contributed by atoms with Crippen molar-refractivity contribution in [3.8, 4) is 0 Å². The molecule has 0 saturated carbocycles. The van der Waals surface area contributed by atoms with Gasteiger partial charge in [-0.25, -0.2) is 0 Å². The molecule has 0 aromatic rings. The van der Waals surface area contributed by atoms with Crippen LogP contribution in [0.5, 0.6) is 0 Å². The molecule has 1 aliphatic rings. The number of carbonyl (C=O) groups excluding carboxylic acids is 1. The van der Waals surface area contributed by atoms with Crippen LogP contribution in [0.3, 0.4) is 0 Å². The zero-order chi connectivity index (χ0) is 11.8. The Morgan fingerprint density at radius 1 is 1.69 bits per heavy atom. The minimum atomic E-state index is 0.0331. The molecule has 0 bridgehead atoms. The first-order chi connectivity index (χ1) is 7.77. The van der Waals surface area contributed by atoms with Crippen LogP contribution in [0.15, 0.2) is 12.2 Å². The molecule has 5 heteroatoms. The smallest absolute Gasteiger partial charge is 0.234 e. The van der Waals surface area contributed by atoms with Gasteiger partial charge in [0.25, 0.3) is 0 Å². The summed E-state index contributed by atoms with van der Waals surface area (Å²) >= 11 is 0. The fourth-order valence-electron chi connectivity index (χ4n) is 1.74. The number of nitrogens with one attached hydrogen (secondary N) is 1. The van der Waals surface area contributed by atoms with Crippen molar-refractivity contribution in [3.05, 3.63) is 12.2 Å². The highest BCUT2D eigenvalue weighted by atomic mass is 16.5. The molecule has 0 saturated heterocycles. The number of ether oxygens (including phenoxy) is 1. The second kappa shape index (κ2) is 7.38. The minimum Gasteiger partial charge on any atom is -0.383 e. The number of carbonyl (C=O) groups is 1. The molecule has 16 heavy (non-hydrogen) atoms. The molecule has 1 heterocycles. The summed E-state index contributed by atoms with van der Waals surface area (Å²) in [5, 5.41) is 2.81. The molecule has 0 aromatic heterocycles. The molecule has 3 N–H and O–H groups in total. The van der Waals surface area contributed by atoms with Gasteiger partial charge in [0, 0.05) is 32.8 Å². The van der Waals surface area contributed by atoms with Crippen LogP contribution in [0.4, 0.5) is 0 Å². The third-order valence-electron chi connectivity index (χ3n) is 2.63. The summed E-state index contributed by atoms with van der Waals surface area (Å²) in [5.74, 6) is 0.0331. The molecule has 0 aliphatic carbocycles. The van der Waals surface area contributed by atoms with Gasteiger partial charge in [0.1, 0.15) is 0 Å². The number of rotatable bonds is 6. The van der Waals surface area contributed by atoms with Crippen LogP contribution < -0.4 is 11.1 Å². The largest absolute Gasteiger partial charge is 0.383 e. The molecular formula is C11H21N3O2. The van der Waals surface area contributed by atoms with Crippen molar-refractivity contribution in [3.63, 3.8) is 0 Å². The highest BCUT2D eigenvalue weighted by Gasteiger charge is 2.19. The maximum Gasteiger partial charge on any atom is 0.234 e. The van der Waals surface area contributed by atoms with Gasteiger partial charge in [-0.2, -0.15) is 0 Å². The summed E-state index contributed by atoms with van der Waals surface area (Å²) in [6.07, 6.45) is 5.19. The lowest BCUT2D eigenvalue weighted by molar-refractivity contribution is -0.122. The Morgan fingerprint density at radius 3 is 3.19 bits per heavy atom. The molecule has 0 radical (unpaired) electrons. The molecule has 1 unspecified atom stereocenters. The predicted octanol–water partition coefficient (Wildman–Crippen LogP) is -0.662. The van der Waals surface area contributed by atoms with Crippen molar-refractivity contribution >= 4 is 5.91 Å². The van der Waals surface area contributed by atoms with Crippen LogP contribution in [0.25, 0.3) is 0 Å². The quantitative estimate of drug-likeness (QED) is 0.467. The summed E-state index contributed by atoms with van der Waals surface area (Å²) in [7, 11) is 1.62. The number of hydrogen-bond donors (Lipinski definition) is 2. The molecule has 1 atom stereocenters. The molecule has 92 valence electrons. The van der Waals surface area contributed by atoms with E-state index in [9.17, 15) is 4.79 Å². The number of amides is 1. The van der Waals surface area contributed by atoms with Crippen molar-refractivity contribution < 1.29 is 9.53 Å². The van der Waals surface area contributed by atoms with E-state index >= 15 is 0 Å². The summed E-state index contributed by atoms with van der Waals surface area (Å²) in [6.45, 7) is 2.98. The molecule has 5 nitrogen and oxygen atoms in total. The van der Waals surface area contributed by atoms with E-state index in [1.165, 1.54) is 0 Å². The second-order valence-electron chi connectivity index (χ2n) is 3.83. The number of methoxy groups -OCH3 is 1. The Balaban J connectivity index is 2.29. The van der Waals surface area contributed by atoms with Gasteiger partial charge < -0.3 is 15.8 Å². The zero-order valence-corrected chi connectivity index (χ0v) is 9.82. The topological polar surface area (TPSA) is 67.6 Å². The fourth-order valence-corrected chi connectivity index (χ4v) is 1.74. The highest BCUT2D eigenvalue weighted by Crippen LogP contribution is 2.07. The average Bonchev–Trinajstić information content (AvgIpc) is 2.30. The highest BCUT2D eigenvalue weighted by molar-refractivity contribution is 5.78. The van der Waals surface area contributed by atoms with E-state index < -0.39 is 0 Å². The van der Waals surface area contributed by atoms with Crippen LogP contribution in [-0.2, 0) is 9.53 Å². The maximum atomic E-state index is 11.6. The molecule has 0 fully saturated rings. The number of nitrogens with zero attached hydrogens (tertiary/aromatic N) is 1. The van der Waals surface area contributed by atoms with E-state index in [0.717, 1.165) is 13.0 Å². The monoisotopic (exact) mass is 227 g/mol. The summed E-state index contributed by atoms with van der Waals surface area (Å²) in [5.41, 5.74) is 5.65. The van der Waals surface area contributed by atoms with Crippen molar-refractivity contribution in [2.45, 2.75) is 12.5 Å². The lowest BCUT2D eigenvalue weighted by Crippen LogP contribution is -2.47. The Bertz CT molecular complexity index is 243. The van der Waals surface area contributed by atoms with E-state index in [2.05, 4.69) is 22.4 Å². The molecule has 0 aromatic carbocycles. The maximum absolute atomic E-state index is 11.6. The Kier molecular flexibility index (Phi) is 6.07. The average molecular weight is 227 g/mol. The molecule has 0 spiro atoms. The van der Waals surface area contributed by atoms with Crippen LogP contribution in [0.1, 0.15) is 6.42 Å². The van der Waals surface area contributed by atoms with Gasteiger partial charge in [0.05, 0.1) is 13.2 Å². The lowest BCUT2D eigenvalue weighted by atomic mass is 10.1. The first-order valence-electron chi connectivity index (χ1n) is 5.64. The van der Waals surface area contributed by atoms with Gasteiger partial charge in [0.15, 0.2) is 0 Å². The molecule has 1 rings (SSSR count). The van der Waals surface area contributed by atoms with Crippen molar-refractivity contribution in [2.24, 2.45) is 5.73 Å². The molecule has 1 aliphatic heterocycles. The molecular weight excluding hydrogens is 206 g/mol. The SMILES string of the molecule is COCCNC(=O)CN1CCC=CC1CN. The van der Waals surface area contributed by atoms with Crippen LogP contribution in [-0.4, -0.2) is 56.7 Å². The van der Waals surface area contributed by atoms with Gasteiger partial charge >= 0.3 is 0 Å². The van der Waals surface area contributed by atoms with Crippen molar-refractivity contribution in [1.29, 1.82) is 0 Å². The second-order valence-corrected chi connectivity index (χ2v) is 3.83. The first kappa shape index (κ1) is 13.2. The van der Waals surface area contributed by atoms with E-state index in [1.54, 1.807) is 7.11 Å². The number of nitrogens with two attached hydrogens (primary N) is 1. The number of hydrogen-bond acceptors (Lipinski definition) is 4. The fraction of sp³-hybridized carbons (Fsp3) is 0.727. The minimum absolute atomic E-state index is 0.0331. The third-order valence-corrected chi connectivity index (χ3v) is 2.63. The van der Waals surface area contributed by atoms with Crippen molar-refractivity contribution in [1.82, 2.24) is 10.2 Å². The van der Waals surface area contributed by atoms with Crippen LogP contribution in [0.2, 0.25) is 0 Å². The predicted molar refractivity (Wildman–Crippen MR) is 63.1 cm³/mol. The Hall–Kier alpha value is -0.910. The van der Waals surface area contributed by atoms with Gasteiger partial charge in [-0.3, -0.25) is 9.69 Å². The Labute approximate surface area is 96.6 Å². The standard InChI is InChI=1S/C11H21N3O2/c1-16-7-5-13-11(15)9-14-6-3-2-4-10(14)8-12/h2,4,10H,3,5-9,12H2,1H3,(H,13,15). The van der Waals surface area contributed by atoms with Gasteiger partial charge in [-0.1, -0.05) is 12.2 Å². The van der Waals surface area contributed by atoms with Crippen LogP contribution >= 0.6 is 0 Å². The van der Waals surface area contributed by atoms with E-state index in [0.29, 0.717) is 26.2 Å². The lowest BCUT2D eigenvalue weighted by Gasteiger charge is -2.30.